The molecule has 0 saturated heterocycles. The number of halogens is 3. The van der Waals surface area contributed by atoms with E-state index < -0.39 is 17.6 Å². The lowest BCUT2D eigenvalue weighted by molar-refractivity contribution is -0.137. The van der Waals surface area contributed by atoms with Gasteiger partial charge in [-0.15, -0.1) is 0 Å². The molecule has 4 nitrogen and oxygen atoms in total. The first kappa shape index (κ1) is 24.7. The Labute approximate surface area is 206 Å². The molecule has 182 valence electrons. The van der Waals surface area contributed by atoms with Gasteiger partial charge in [-0.2, -0.15) is 13.2 Å². The Bertz CT molecular complexity index is 1350. The molecule has 0 heterocycles. The smallest absolute Gasteiger partial charge is 0.352 e. The van der Waals surface area contributed by atoms with Crippen molar-refractivity contribution in [2.24, 2.45) is 0 Å². The summed E-state index contributed by atoms with van der Waals surface area (Å²) in [7, 11) is 0. The summed E-state index contributed by atoms with van der Waals surface area (Å²) in [6.07, 6.45) is -3.74. The van der Waals surface area contributed by atoms with Gasteiger partial charge in [-0.3, -0.25) is 9.59 Å². The van der Waals surface area contributed by atoms with Crippen molar-refractivity contribution < 1.29 is 22.8 Å². The van der Waals surface area contributed by atoms with E-state index >= 15 is 0 Å². The third-order valence-corrected chi connectivity index (χ3v) is 5.62. The highest BCUT2D eigenvalue weighted by atomic mass is 19.4. The second-order valence-corrected chi connectivity index (χ2v) is 8.15. The largest absolute Gasteiger partial charge is 0.416 e. The van der Waals surface area contributed by atoms with E-state index in [-0.39, 0.29) is 5.91 Å². The van der Waals surface area contributed by atoms with E-state index in [4.69, 9.17) is 0 Å². The van der Waals surface area contributed by atoms with Crippen LogP contribution in [0.5, 0.6) is 0 Å². The van der Waals surface area contributed by atoms with E-state index in [1.54, 1.807) is 48.5 Å². The summed E-state index contributed by atoms with van der Waals surface area (Å²) in [6.45, 7) is 0.472. The molecule has 0 aromatic heterocycles. The fourth-order valence-electron chi connectivity index (χ4n) is 3.78. The van der Waals surface area contributed by atoms with Crippen LogP contribution in [0.15, 0.2) is 103 Å². The molecule has 0 fully saturated rings. The highest BCUT2D eigenvalue weighted by Gasteiger charge is 2.30. The Balaban J connectivity index is 1.45. The summed E-state index contributed by atoms with van der Waals surface area (Å²) in [4.78, 5) is 25.6. The van der Waals surface area contributed by atoms with Crippen LogP contribution in [0.2, 0.25) is 0 Å². The van der Waals surface area contributed by atoms with Crippen LogP contribution in [0.1, 0.15) is 31.8 Å². The summed E-state index contributed by atoms with van der Waals surface area (Å²) >= 11 is 0. The Morgan fingerprint density at radius 1 is 0.722 bits per heavy atom. The molecule has 0 atom stereocenters. The van der Waals surface area contributed by atoms with Gasteiger partial charge in [0.25, 0.3) is 11.8 Å². The predicted molar refractivity (Wildman–Crippen MR) is 134 cm³/mol. The van der Waals surface area contributed by atoms with E-state index in [1.807, 2.05) is 30.3 Å². The van der Waals surface area contributed by atoms with E-state index in [9.17, 15) is 22.8 Å². The van der Waals surface area contributed by atoms with E-state index in [0.29, 0.717) is 40.9 Å². The van der Waals surface area contributed by atoms with Crippen LogP contribution in [0.25, 0.3) is 11.1 Å². The number of amides is 2. The second-order valence-electron chi connectivity index (χ2n) is 8.15. The molecule has 4 aromatic carbocycles. The summed E-state index contributed by atoms with van der Waals surface area (Å²) in [6, 6.07) is 27.7. The third-order valence-electron chi connectivity index (χ3n) is 5.62. The van der Waals surface area contributed by atoms with Crippen molar-refractivity contribution in [1.82, 2.24) is 5.32 Å². The van der Waals surface area contributed by atoms with Crippen LogP contribution in [0, 0.1) is 0 Å². The number of anilines is 1. The lowest BCUT2D eigenvalue weighted by Crippen LogP contribution is -2.25. The van der Waals surface area contributed by atoms with Crippen molar-refractivity contribution in [2.75, 3.05) is 11.9 Å². The SMILES string of the molecule is O=C(NCCc1ccccc1)c1cccc(NC(=O)c2ccccc2-c2ccc(C(F)(F)F)cc2)c1. The van der Waals surface area contributed by atoms with Gasteiger partial charge in [-0.05, 0) is 59.5 Å². The van der Waals surface area contributed by atoms with Gasteiger partial charge in [0.1, 0.15) is 0 Å². The molecule has 4 rings (SSSR count). The fourth-order valence-corrected chi connectivity index (χ4v) is 3.78. The standard InChI is InChI=1S/C29H23F3N2O2/c30-29(31,32)23-15-13-21(14-16-23)25-11-4-5-12-26(25)28(36)34-24-10-6-9-22(19-24)27(35)33-18-17-20-7-2-1-3-8-20/h1-16,19H,17-18H2,(H,33,35)(H,34,36). The zero-order chi connectivity index (χ0) is 25.5. The summed E-state index contributed by atoms with van der Waals surface area (Å²) in [5.41, 5.74) is 2.47. The molecule has 7 heteroatoms. The highest BCUT2D eigenvalue weighted by molar-refractivity contribution is 6.09. The molecule has 2 N–H and O–H groups in total. The Morgan fingerprint density at radius 2 is 1.42 bits per heavy atom. The number of benzene rings is 4. The molecular formula is C29H23F3N2O2. The van der Waals surface area contributed by atoms with Gasteiger partial charge in [0.2, 0.25) is 0 Å². The molecule has 0 spiro atoms. The number of rotatable bonds is 7. The molecule has 0 saturated carbocycles. The van der Waals surface area contributed by atoms with Crippen LogP contribution in [0.4, 0.5) is 18.9 Å². The van der Waals surface area contributed by atoms with Gasteiger partial charge in [-0.1, -0.05) is 66.7 Å². The second kappa shape index (κ2) is 10.9. The number of alkyl halides is 3. The van der Waals surface area contributed by atoms with Crippen molar-refractivity contribution in [3.05, 3.63) is 125 Å². The molecule has 2 amide bonds. The Hall–Kier alpha value is -4.39. The first-order chi connectivity index (χ1) is 17.3. The van der Waals surface area contributed by atoms with E-state index in [0.717, 1.165) is 17.7 Å². The molecule has 36 heavy (non-hydrogen) atoms. The van der Waals surface area contributed by atoms with Gasteiger partial charge >= 0.3 is 6.18 Å². The van der Waals surface area contributed by atoms with Crippen molar-refractivity contribution in [2.45, 2.75) is 12.6 Å². The van der Waals surface area contributed by atoms with Gasteiger partial charge in [-0.25, -0.2) is 0 Å². The number of carbonyl (C=O) groups excluding carboxylic acids is 2. The molecule has 0 aliphatic carbocycles. The maximum Gasteiger partial charge on any atom is 0.416 e. The van der Waals surface area contributed by atoms with Gasteiger partial charge in [0.15, 0.2) is 0 Å². The lowest BCUT2D eigenvalue weighted by atomic mass is 9.98. The average molecular weight is 489 g/mol. The summed E-state index contributed by atoms with van der Waals surface area (Å²) in [5.74, 6) is -0.695. The zero-order valence-electron chi connectivity index (χ0n) is 19.2. The maximum absolute atomic E-state index is 13.1. The maximum atomic E-state index is 13.1. The van der Waals surface area contributed by atoms with Gasteiger partial charge in [0.05, 0.1) is 5.56 Å². The van der Waals surface area contributed by atoms with Crippen LogP contribution >= 0.6 is 0 Å². The summed E-state index contributed by atoms with van der Waals surface area (Å²) < 4.78 is 38.7. The Kier molecular flexibility index (Phi) is 7.49. The topological polar surface area (TPSA) is 58.2 Å². The van der Waals surface area contributed by atoms with Crippen molar-refractivity contribution in [3.63, 3.8) is 0 Å². The van der Waals surface area contributed by atoms with Crippen LogP contribution in [-0.4, -0.2) is 18.4 Å². The molecule has 0 radical (unpaired) electrons. The molecular weight excluding hydrogens is 465 g/mol. The number of carbonyl (C=O) groups is 2. The van der Waals surface area contributed by atoms with E-state index in [1.165, 1.54) is 12.1 Å². The molecule has 0 bridgehead atoms. The van der Waals surface area contributed by atoms with Gasteiger partial charge < -0.3 is 10.6 Å². The highest BCUT2D eigenvalue weighted by Crippen LogP contribution is 2.32. The molecule has 0 aliphatic rings. The quantitative estimate of drug-likeness (QED) is 0.308. The van der Waals surface area contributed by atoms with Crippen LogP contribution in [-0.2, 0) is 12.6 Å². The number of nitrogens with one attached hydrogen (secondary N) is 2. The minimum absolute atomic E-state index is 0.257. The fraction of sp³-hybridized carbons (Fsp3) is 0.103. The molecule has 4 aromatic rings. The molecule has 0 aliphatic heterocycles. The predicted octanol–water partition coefficient (Wildman–Crippen LogP) is 6.60. The normalized spacial score (nSPS) is 11.1. The first-order valence-corrected chi connectivity index (χ1v) is 11.3. The lowest BCUT2D eigenvalue weighted by Gasteiger charge is -2.12. The van der Waals surface area contributed by atoms with Crippen molar-refractivity contribution in [3.8, 4) is 11.1 Å². The zero-order valence-corrected chi connectivity index (χ0v) is 19.2. The summed E-state index contributed by atoms with van der Waals surface area (Å²) in [5, 5.41) is 5.66. The number of hydrogen-bond donors (Lipinski definition) is 2. The minimum atomic E-state index is -4.44. The number of hydrogen-bond acceptors (Lipinski definition) is 2. The minimum Gasteiger partial charge on any atom is -0.352 e. The van der Waals surface area contributed by atoms with E-state index in [2.05, 4.69) is 10.6 Å². The van der Waals surface area contributed by atoms with Crippen molar-refractivity contribution >= 4 is 17.5 Å². The third kappa shape index (κ3) is 6.18. The first-order valence-electron chi connectivity index (χ1n) is 11.3. The molecule has 0 unspecified atom stereocenters. The average Bonchev–Trinajstić information content (AvgIpc) is 2.89. The van der Waals surface area contributed by atoms with Gasteiger partial charge in [0, 0.05) is 23.4 Å². The van der Waals surface area contributed by atoms with Crippen LogP contribution < -0.4 is 10.6 Å². The van der Waals surface area contributed by atoms with Crippen LogP contribution in [0.3, 0.4) is 0 Å². The van der Waals surface area contributed by atoms with Crippen molar-refractivity contribution in [1.29, 1.82) is 0 Å². The Morgan fingerprint density at radius 3 is 2.14 bits per heavy atom. The monoisotopic (exact) mass is 488 g/mol.